The summed E-state index contributed by atoms with van der Waals surface area (Å²) >= 11 is 0. The van der Waals surface area contributed by atoms with E-state index in [1.165, 1.54) is 0 Å². The Morgan fingerprint density at radius 3 is 3.18 bits per heavy atom. The number of anilines is 1. The Balaban J connectivity index is 1.97. The van der Waals surface area contributed by atoms with Crippen molar-refractivity contribution in [2.75, 3.05) is 31.2 Å². The van der Waals surface area contributed by atoms with Crippen molar-refractivity contribution in [2.45, 2.75) is 25.9 Å². The number of aliphatic hydroxyl groups is 1. The summed E-state index contributed by atoms with van der Waals surface area (Å²) in [4.78, 5) is 10.8. The van der Waals surface area contributed by atoms with Gasteiger partial charge in [0.05, 0.1) is 31.2 Å². The van der Waals surface area contributed by atoms with Crippen LogP contribution in [0.4, 0.5) is 5.82 Å². The van der Waals surface area contributed by atoms with Crippen LogP contribution < -0.4 is 4.90 Å². The Labute approximate surface area is 101 Å². The lowest BCUT2D eigenvalue weighted by Crippen LogP contribution is -2.40. The van der Waals surface area contributed by atoms with E-state index < -0.39 is 0 Å². The van der Waals surface area contributed by atoms with E-state index in [4.69, 9.17) is 9.84 Å². The van der Waals surface area contributed by atoms with Gasteiger partial charge in [0.25, 0.3) is 0 Å². The van der Waals surface area contributed by atoms with Crippen molar-refractivity contribution >= 4 is 5.82 Å². The van der Waals surface area contributed by atoms with Gasteiger partial charge in [0, 0.05) is 19.3 Å². The van der Waals surface area contributed by atoms with Crippen molar-refractivity contribution in [2.24, 2.45) is 0 Å². The van der Waals surface area contributed by atoms with Gasteiger partial charge in [-0.05, 0) is 19.8 Å². The van der Waals surface area contributed by atoms with E-state index >= 15 is 0 Å². The third kappa shape index (κ3) is 3.38. The molecule has 0 bridgehead atoms. The SMILES string of the molecule is Cc1cncc(N2CCCC(OCCO)C2)n1. The van der Waals surface area contributed by atoms with Crippen LogP contribution in [0.3, 0.4) is 0 Å². The van der Waals surface area contributed by atoms with Gasteiger partial charge < -0.3 is 14.7 Å². The van der Waals surface area contributed by atoms with Gasteiger partial charge in [-0.2, -0.15) is 0 Å². The molecule has 0 aliphatic carbocycles. The Hall–Kier alpha value is -1.20. The van der Waals surface area contributed by atoms with Crippen molar-refractivity contribution < 1.29 is 9.84 Å². The fraction of sp³-hybridized carbons (Fsp3) is 0.667. The third-order valence-corrected chi connectivity index (χ3v) is 2.89. The molecule has 1 aromatic heterocycles. The number of aryl methyl sites for hydroxylation is 1. The molecule has 1 saturated heterocycles. The summed E-state index contributed by atoms with van der Waals surface area (Å²) in [6.45, 7) is 4.27. The molecule has 17 heavy (non-hydrogen) atoms. The van der Waals surface area contributed by atoms with E-state index in [1.807, 2.05) is 6.92 Å². The number of hydrogen-bond acceptors (Lipinski definition) is 5. The van der Waals surface area contributed by atoms with E-state index in [1.54, 1.807) is 12.4 Å². The molecule has 1 unspecified atom stereocenters. The highest BCUT2D eigenvalue weighted by molar-refractivity contribution is 5.36. The molecule has 1 aliphatic heterocycles. The third-order valence-electron chi connectivity index (χ3n) is 2.89. The highest BCUT2D eigenvalue weighted by Crippen LogP contribution is 2.18. The van der Waals surface area contributed by atoms with Gasteiger partial charge in [-0.3, -0.25) is 4.98 Å². The van der Waals surface area contributed by atoms with Crippen LogP contribution in [0, 0.1) is 6.92 Å². The zero-order chi connectivity index (χ0) is 12.1. The van der Waals surface area contributed by atoms with Gasteiger partial charge in [-0.1, -0.05) is 0 Å². The Bertz CT molecular complexity index is 359. The lowest BCUT2D eigenvalue weighted by molar-refractivity contribution is 0.0213. The van der Waals surface area contributed by atoms with Crippen LogP contribution in [0.1, 0.15) is 18.5 Å². The lowest BCUT2D eigenvalue weighted by atomic mass is 10.1. The van der Waals surface area contributed by atoms with E-state index in [2.05, 4.69) is 14.9 Å². The summed E-state index contributed by atoms with van der Waals surface area (Å²) in [5.41, 5.74) is 0.931. The van der Waals surface area contributed by atoms with E-state index in [0.717, 1.165) is 37.4 Å². The maximum atomic E-state index is 8.76. The summed E-state index contributed by atoms with van der Waals surface area (Å²) in [5.74, 6) is 0.919. The predicted octanol–water partition coefficient (Wildman–Crippen LogP) is 0.763. The van der Waals surface area contributed by atoms with E-state index in [0.29, 0.717) is 6.61 Å². The molecule has 5 nitrogen and oxygen atoms in total. The lowest BCUT2D eigenvalue weighted by Gasteiger charge is -2.33. The molecule has 1 aliphatic rings. The molecular weight excluding hydrogens is 218 g/mol. The second-order valence-electron chi connectivity index (χ2n) is 4.32. The first kappa shape index (κ1) is 12.3. The number of ether oxygens (including phenoxy) is 1. The zero-order valence-electron chi connectivity index (χ0n) is 10.2. The average Bonchev–Trinajstić information content (AvgIpc) is 2.37. The van der Waals surface area contributed by atoms with Gasteiger partial charge in [-0.15, -0.1) is 0 Å². The summed E-state index contributed by atoms with van der Waals surface area (Å²) in [6.07, 6.45) is 5.88. The van der Waals surface area contributed by atoms with Crippen LogP contribution in [-0.2, 0) is 4.74 Å². The summed E-state index contributed by atoms with van der Waals surface area (Å²) < 4.78 is 5.57. The quantitative estimate of drug-likeness (QED) is 0.838. The maximum absolute atomic E-state index is 8.76. The smallest absolute Gasteiger partial charge is 0.147 e. The number of nitrogens with zero attached hydrogens (tertiary/aromatic N) is 3. The first-order chi connectivity index (χ1) is 8.29. The standard InChI is InChI=1S/C12H19N3O2/c1-10-7-13-8-12(14-10)15-4-2-3-11(9-15)17-6-5-16/h7-8,11,16H,2-6,9H2,1H3. The van der Waals surface area contributed by atoms with E-state index in [9.17, 15) is 0 Å². The van der Waals surface area contributed by atoms with Crippen LogP contribution in [0.15, 0.2) is 12.4 Å². The molecule has 0 radical (unpaired) electrons. The normalized spacial score (nSPS) is 20.6. The molecule has 1 atom stereocenters. The van der Waals surface area contributed by atoms with Crippen molar-refractivity contribution in [1.82, 2.24) is 9.97 Å². The van der Waals surface area contributed by atoms with E-state index in [-0.39, 0.29) is 12.7 Å². The predicted molar refractivity (Wildman–Crippen MR) is 65.0 cm³/mol. The fourth-order valence-electron chi connectivity index (χ4n) is 2.10. The number of piperidine rings is 1. The van der Waals surface area contributed by atoms with Crippen LogP contribution >= 0.6 is 0 Å². The molecule has 0 aromatic carbocycles. The molecule has 94 valence electrons. The first-order valence-corrected chi connectivity index (χ1v) is 6.05. The summed E-state index contributed by atoms with van der Waals surface area (Å²) in [5, 5.41) is 8.76. The van der Waals surface area contributed by atoms with Crippen molar-refractivity contribution in [3.05, 3.63) is 18.1 Å². The molecule has 0 spiro atoms. The van der Waals surface area contributed by atoms with Gasteiger partial charge >= 0.3 is 0 Å². The average molecular weight is 237 g/mol. The first-order valence-electron chi connectivity index (χ1n) is 6.05. The topological polar surface area (TPSA) is 58.5 Å². The monoisotopic (exact) mass is 237 g/mol. The Morgan fingerprint density at radius 2 is 2.41 bits per heavy atom. The molecule has 0 saturated carbocycles. The maximum Gasteiger partial charge on any atom is 0.147 e. The minimum Gasteiger partial charge on any atom is -0.394 e. The Morgan fingerprint density at radius 1 is 1.53 bits per heavy atom. The van der Waals surface area contributed by atoms with Gasteiger partial charge in [0.2, 0.25) is 0 Å². The van der Waals surface area contributed by atoms with Crippen molar-refractivity contribution in [1.29, 1.82) is 0 Å². The molecule has 2 heterocycles. The van der Waals surface area contributed by atoms with Crippen LogP contribution in [0.5, 0.6) is 0 Å². The number of hydrogen-bond donors (Lipinski definition) is 1. The summed E-state index contributed by atoms with van der Waals surface area (Å²) in [6, 6.07) is 0. The van der Waals surface area contributed by atoms with Crippen LogP contribution in [-0.4, -0.2) is 47.5 Å². The number of aromatic nitrogens is 2. The minimum atomic E-state index is 0.0841. The largest absolute Gasteiger partial charge is 0.394 e. The van der Waals surface area contributed by atoms with Crippen molar-refractivity contribution in [3.8, 4) is 0 Å². The molecule has 1 aromatic rings. The zero-order valence-corrected chi connectivity index (χ0v) is 10.2. The summed E-state index contributed by atoms with van der Waals surface area (Å²) in [7, 11) is 0. The minimum absolute atomic E-state index is 0.0841. The van der Waals surface area contributed by atoms with Crippen LogP contribution in [0.2, 0.25) is 0 Å². The number of rotatable bonds is 4. The van der Waals surface area contributed by atoms with Crippen molar-refractivity contribution in [3.63, 3.8) is 0 Å². The molecule has 0 amide bonds. The molecular formula is C12H19N3O2. The second kappa shape index (κ2) is 5.93. The Kier molecular flexibility index (Phi) is 4.28. The van der Waals surface area contributed by atoms with Gasteiger partial charge in [-0.25, -0.2) is 4.98 Å². The molecule has 1 fully saturated rings. The highest BCUT2D eigenvalue weighted by Gasteiger charge is 2.21. The van der Waals surface area contributed by atoms with Gasteiger partial charge in [0.15, 0.2) is 0 Å². The molecule has 5 heteroatoms. The fourth-order valence-corrected chi connectivity index (χ4v) is 2.10. The second-order valence-corrected chi connectivity index (χ2v) is 4.32. The van der Waals surface area contributed by atoms with Gasteiger partial charge in [0.1, 0.15) is 5.82 Å². The molecule has 1 N–H and O–H groups in total. The number of aliphatic hydroxyl groups excluding tert-OH is 1. The molecule has 2 rings (SSSR count). The van der Waals surface area contributed by atoms with Crippen LogP contribution in [0.25, 0.3) is 0 Å². The highest BCUT2D eigenvalue weighted by atomic mass is 16.5.